The van der Waals surface area contributed by atoms with Gasteiger partial charge in [0.2, 0.25) is 0 Å². The molecule has 3 heterocycles. The molecular weight excluding hydrogens is 316 g/mol. The average molecular weight is 340 g/mol. The van der Waals surface area contributed by atoms with Crippen LogP contribution in [0.25, 0.3) is 0 Å². The maximum absolute atomic E-state index is 12.6. The first kappa shape index (κ1) is 16.3. The van der Waals surface area contributed by atoms with E-state index in [1.807, 2.05) is 19.2 Å². The Morgan fingerprint density at radius 3 is 3.00 bits per heavy atom. The van der Waals surface area contributed by atoms with Crippen molar-refractivity contribution in [3.63, 3.8) is 0 Å². The zero-order valence-corrected chi connectivity index (χ0v) is 14.6. The number of amides is 1. The van der Waals surface area contributed by atoms with Crippen molar-refractivity contribution < 1.29 is 9.21 Å². The first-order chi connectivity index (χ1) is 12.2. The number of likely N-dealkylation sites (tertiary alicyclic amines) is 1. The smallest absolute Gasteiger partial charge is 0.287 e. The molecule has 4 rings (SSSR count). The number of hydrogen-bond acceptors (Lipinski definition) is 5. The molecule has 6 heteroatoms. The molecule has 0 aromatic carbocycles. The van der Waals surface area contributed by atoms with Gasteiger partial charge in [-0.2, -0.15) is 0 Å². The van der Waals surface area contributed by atoms with Crippen LogP contribution in [0, 0.1) is 6.92 Å². The molecule has 1 saturated heterocycles. The second-order valence-electron chi connectivity index (χ2n) is 6.99. The van der Waals surface area contributed by atoms with Crippen molar-refractivity contribution in [1.82, 2.24) is 20.2 Å². The van der Waals surface area contributed by atoms with Crippen LogP contribution in [0.15, 0.2) is 22.7 Å². The maximum Gasteiger partial charge on any atom is 0.287 e. The summed E-state index contributed by atoms with van der Waals surface area (Å²) < 4.78 is 5.77. The number of hydrogen-bond donors (Lipinski definition) is 1. The van der Waals surface area contributed by atoms with Gasteiger partial charge in [-0.1, -0.05) is 0 Å². The summed E-state index contributed by atoms with van der Waals surface area (Å²) in [7, 11) is 0. The van der Waals surface area contributed by atoms with E-state index in [9.17, 15) is 4.79 Å². The standard InChI is InChI=1S/C19H24N4O2/c1-13-20-11-15-16(21-13)5-4-6-17(15)22-19(24)18-8-7-14(25-18)12-23-9-2-3-10-23/h7-8,11,17H,2-6,9-10,12H2,1H3,(H,22,24)/t17-/m1/s1. The Kier molecular flexibility index (Phi) is 4.53. The Hall–Kier alpha value is -2.21. The fraction of sp³-hybridized carbons (Fsp3) is 0.526. The van der Waals surface area contributed by atoms with Crippen LogP contribution < -0.4 is 5.32 Å². The highest BCUT2D eigenvalue weighted by Gasteiger charge is 2.25. The van der Waals surface area contributed by atoms with E-state index < -0.39 is 0 Å². The lowest BCUT2D eigenvalue weighted by Gasteiger charge is -2.25. The van der Waals surface area contributed by atoms with Gasteiger partial charge in [-0.3, -0.25) is 9.69 Å². The van der Waals surface area contributed by atoms with Gasteiger partial charge in [-0.05, 0) is 64.3 Å². The van der Waals surface area contributed by atoms with Crippen LogP contribution in [0.4, 0.5) is 0 Å². The predicted molar refractivity (Wildman–Crippen MR) is 93.1 cm³/mol. The van der Waals surface area contributed by atoms with Crippen LogP contribution in [0.1, 0.15) is 65.1 Å². The third-order valence-corrected chi connectivity index (χ3v) is 5.07. The zero-order chi connectivity index (χ0) is 17.2. The van der Waals surface area contributed by atoms with Gasteiger partial charge in [0.25, 0.3) is 5.91 Å². The molecule has 2 aromatic heterocycles. The summed E-state index contributed by atoms with van der Waals surface area (Å²) in [4.78, 5) is 23.7. The Labute approximate surface area is 147 Å². The van der Waals surface area contributed by atoms with Gasteiger partial charge >= 0.3 is 0 Å². The molecule has 1 fully saturated rings. The number of aryl methyl sites for hydroxylation is 2. The first-order valence-electron chi connectivity index (χ1n) is 9.13. The number of furan rings is 1. The van der Waals surface area contributed by atoms with Crippen molar-refractivity contribution in [2.45, 2.75) is 51.6 Å². The van der Waals surface area contributed by atoms with Crippen LogP contribution in [-0.2, 0) is 13.0 Å². The fourth-order valence-corrected chi connectivity index (χ4v) is 3.77. The molecule has 132 valence electrons. The van der Waals surface area contributed by atoms with E-state index in [-0.39, 0.29) is 11.9 Å². The summed E-state index contributed by atoms with van der Waals surface area (Å²) in [5.74, 6) is 1.86. The van der Waals surface area contributed by atoms with Gasteiger partial charge in [-0.15, -0.1) is 0 Å². The number of nitrogens with zero attached hydrogens (tertiary/aromatic N) is 3. The molecule has 1 aliphatic carbocycles. The Morgan fingerprint density at radius 2 is 2.16 bits per heavy atom. The Balaban J connectivity index is 1.43. The highest BCUT2D eigenvalue weighted by atomic mass is 16.4. The largest absolute Gasteiger partial charge is 0.455 e. The third kappa shape index (κ3) is 3.58. The molecule has 25 heavy (non-hydrogen) atoms. The first-order valence-corrected chi connectivity index (χ1v) is 9.13. The van der Waals surface area contributed by atoms with E-state index in [1.54, 1.807) is 6.07 Å². The van der Waals surface area contributed by atoms with E-state index in [1.165, 1.54) is 12.8 Å². The molecule has 0 spiro atoms. The van der Waals surface area contributed by atoms with Crippen LogP contribution in [0.2, 0.25) is 0 Å². The van der Waals surface area contributed by atoms with Crippen LogP contribution in [-0.4, -0.2) is 33.9 Å². The lowest BCUT2D eigenvalue weighted by molar-refractivity contribution is 0.0901. The summed E-state index contributed by atoms with van der Waals surface area (Å²) in [6.07, 6.45) is 7.22. The Bertz CT molecular complexity index is 765. The third-order valence-electron chi connectivity index (χ3n) is 5.07. The molecule has 1 N–H and O–H groups in total. The summed E-state index contributed by atoms with van der Waals surface area (Å²) in [6.45, 7) is 4.90. The highest BCUT2D eigenvalue weighted by molar-refractivity contribution is 5.91. The van der Waals surface area contributed by atoms with Crippen molar-refractivity contribution in [1.29, 1.82) is 0 Å². The average Bonchev–Trinajstić information content (AvgIpc) is 3.27. The molecule has 0 bridgehead atoms. The molecule has 0 saturated carbocycles. The van der Waals surface area contributed by atoms with Crippen LogP contribution in [0.5, 0.6) is 0 Å². The second-order valence-corrected chi connectivity index (χ2v) is 6.99. The summed E-state index contributed by atoms with van der Waals surface area (Å²) >= 11 is 0. The number of nitrogens with one attached hydrogen (secondary N) is 1. The molecular formula is C19H24N4O2. The van der Waals surface area contributed by atoms with E-state index in [2.05, 4.69) is 20.2 Å². The minimum atomic E-state index is -0.161. The minimum Gasteiger partial charge on any atom is -0.455 e. The van der Waals surface area contributed by atoms with Gasteiger partial charge in [0.15, 0.2) is 5.76 Å². The maximum atomic E-state index is 12.6. The molecule has 2 aromatic rings. The monoisotopic (exact) mass is 340 g/mol. The van der Waals surface area contributed by atoms with E-state index in [0.717, 1.165) is 61.7 Å². The van der Waals surface area contributed by atoms with Gasteiger partial charge in [0.05, 0.1) is 12.6 Å². The van der Waals surface area contributed by atoms with Crippen LogP contribution >= 0.6 is 0 Å². The molecule has 2 aliphatic rings. The number of aromatic nitrogens is 2. The summed E-state index contributed by atoms with van der Waals surface area (Å²) in [5.41, 5.74) is 2.09. The zero-order valence-electron chi connectivity index (χ0n) is 14.6. The number of fused-ring (bicyclic) bond motifs is 1. The predicted octanol–water partition coefficient (Wildman–Crippen LogP) is 2.78. The number of rotatable bonds is 4. The number of carbonyl (C=O) groups is 1. The molecule has 0 unspecified atom stereocenters. The summed E-state index contributed by atoms with van der Waals surface area (Å²) in [5, 5.41) is 3.09. The topological polar surface area (TPSA) is 71.3 Å². The highest BCUT2D eigenvalue weighted by Crippen LogP contribution is 2.28. The van der Waals surface area contributed by atoms with Crippen molar-refractivity contribution in [2.75, 3.05) is 13.1 Å². The van der Waals surface area contributed by atoms with Gasteiger partial charge in [-0.25, -0.2) is 9.97 Å². The van der Waals surface area contributed by atoms with Crippen molar-refractivity contribution in [3.8, 4) is 0 Å². The fourth-order valence-electron chi connectivity index (χ4n) is 3.77. The lowest BCUT2D eigenvalue weighted by Crippen LogP contribution is -2.31. The van der Waals surface area contributed by atoms with Crippen molar-refractivity contribution in [3.05, 3.63) is 46.9 Å². The van der Waals surface area contributed by atoms with Crippen LogP contribution in [0.3, 0.4) is 0 Å². The van der Waals surface area contributed by atoms with Crippen molar-refractivity contribution >= 4 is 5.91 Å². The second kappa shape index (κ2) is 6.96. The molecule has 1 atom stereocenters. The van der Waals surface area contributed by atoms with Gasteiger partial charge in [0.1, 0.15) is 11.6 Å². The van der Waals surface area contributed by atoms with E-state index in [4.69, 9.17) is 4.42 Å². The van der Waals surface area contributed by atoms with Gasteiger partial charge < -0.3 is 9.73 Å². The summed E-state index contributed by atoms with van der Waals surface area (Å²) in [6, 6.07) is 3.65. The molecule has 0 radical (unpaired) electrons. The van der Waals surface area contributed by atoms with E-state index in [0.29, 0.717) is 5.76 Å². The van der Waals surface area contributed by atoms with E-state index >= 15 is 0 Å². The quantitative estimate of drug-likeness (QED) is 0.927. The SMILES string of the molecule is Cc1ncc2c(n1)CCC[C@H]2NC(=O)c1ccc(CN2CCCC2)o1. The number of carbonyl (C=O) groups excluding carboxylic acids is 1. The Morgan fingerprint density at radius 1 is 1.32 bits per heavy atom. The minimum absolute atomic E-state index is 0.0380. The van der Waals surface area contributed by atoms with Crippen molar-refractivity contribution in [2.24, 2.45) is 0 Å². The normalized spacial score (nSPS) is 20.4. The molecule has 6 nitrogen and oxygen atoms in total. The van der Waals surface area contributed by atoms with Gasteiger partial charge in [0, 0.05) is 17.5 Å². The molecule has 1 aliphatic heterocycles. The molecule has 1 amide bonds. The lowest BCUT2D eigenvalue weighted by atomic mass is 9.92.